The van der Waals surface area contributed by atoms with Crippen LogP contribution in [-0.4, -0.2) is 21.4 Å². The van der Waals surface area contributed by atoms with Crippen LogP contribution in [0.15, 0.2) is 58.3 Å². The van der Waals surface area contributed by atoms with Crippen LogP contribution in [0.3, 0.4) is 0 Å². The van der Waals surface area contributed by atoms with E-state index < -0.39 is 15.7 Å². The smallest absolute Gasteiger partial charge is 0.248 e. The minimum Gasteiger partial charge on any atom is -0.497 e. The Labute approximate surface area is 116 Å². The number of hydrogen-bond acceptors (Lipinski definition) is 4. The van der Waals surface area contributed by atoms with Gasteiger partial charge in [-0.05, 0) is 48.5 Å². The number of rotatable bonds is 4. The molecule has 0 spiro atoms. The van der Waals surface area contributed by atoms with E-state index in [1.54, 1.807) is 12.1 Å². The van der Waals surface area contributed by atoms with Crippen LogP contribution in [0.2, 0.25) is 0 Å². The second-order valence-corrected chi connectivity index (χ2v) is 6.02. The highest BCUT2D eigenvalue weighted by Crippen LogP contribution is 2.23. The normalized spacial score (nSPS) is 11.1. The van der Waals surface area contributed by atoms with Gasteiger partial charge in [-0.3, -0.25) is 4.79 Å². The van der Waals surface area contributed by atoms with Crippen LogP contribution in [0.5, 0.6) is 5.75 Å². The molecule has 0 aliphatic carbocycles. The zero-order chi connectivity index (χ0) is 14.8. The standard InChI is InChI=1S/C14H13NO4S/c1-19-11-4-8-13(9-5-11)20(17,18)12-6-2-10(3-7-12)14(15)16/h2-9H,1H3,(H2,15,16). The molecule has 0 bridgehead atoms. The maximum Gasteiger partial charge on any atom is 0.248 e. The van der Waals surface area contributed by atoms with Gasteiger partial charge in [-0.1, -0.05) is 0 Å². The second-order valence-electron chi connectivity index (χ2n) is 4.07. The lowest BCUT2D eigenvalue weighted by Crippen LogP contribution is -2.11. The maximum atomic E-state index is 12.4. The Morgan fingerprint density at radius 2 is 1.40 bits per heavy atom. The quantitative estimate of drug-likeness (QED) is 0.927. The average Bonchev–Trinajstić information content (AvgIpc) is 2.47. The van der Waals surface area contributed by atoms with Crippen molar-refractivity contribution >= 4 is 15.7 Å². The Morgan fingerprint density at radius 1 is 0.950 bits per heavy atom. The van der Waals surface area contributed by atoms with E-state index in [0.29, 0.717) is 5.75 Å². The van der Waals surface area contributed by atoms with E-state index in [4.69, 9.17) is 10.5 Å². The number of methoxy groups -OCH3 is 1. The summed E-state index contributed by atoms with van der Waals surface area (Å²) in [6.07, 6.45) is 0. The molecule has 1 amide bonds. The summed E-state index contributed by atoms with van der Waals surface area (Å²) in [4.78, 5) is 11.2. The zero-order valence-electron chi connectivity index (χ0n) is 10.7. The predicted octanol–water partition coefficient (Wildman–Crippen LogP) is 1.63. The SMILES string of the molecule is COc1ccc(S(=O)(=O)c2ccc(C(N)=O)cc2)cc1. The van der Waals surface area contributed by atoms with Crippen molar-refractivity contribution in [2.24, 2.45) is 5.73 Å². The van der Waals surface area contributed by atoms with Crippen LogP contribution in [0, 0.1) is 0 Å². The molecular weight excluding hydrogens is 278 g/mol. The molecular formula is C14H13NO4S. The summed E-state index contributed by atoms with van der Waals surface area (Å²) < 4.78 is 29.7. The van der Waals surface area contributed by atoms with Crippen molar-refractivity contribution in [3.8, 4) is 5.75 Å². The van der Waals surface area contributed by atoms with Crippen LogP contribution in [0.4, 0.5) is 0 Å². The number of hydrogen-bond donors (Lipinski definition) is 1. The van der Waals surface area contributed by atoms with E-state index in [1.165, 1.54) is 43.5 Å². The highest BCUT2D eigenvalue weighted by Gasteiger charge is 2.17. The fourth-order valence-electron chi connectivity index (χ4n) is 1.69. The van der Waals surface area contributed by atoms with Gasteiger partial charge < -0.3 is 10.5 Å². The van der Waals surface area contributed by atoms with Gasteiger partial charge in [0.05, 0.1) is 16.9 Å². The Balaban J connectivity index is 2.40. The fourth-order valence-corrected chi connectivity index (χ4v) is 2.95. The third kappa shape index (κ3) is 2.65. The van der Waals surface area contributed by atoms with E-state index in [-0.39, 0.29) is 15.4 Å². The zero-order valence-corrected chi connectivity index (χ0v) is 11.6. The molecule has 0 saturated heterocycles. The van der Waals surface area contributed by atoms with E-state index in [2.05, 4.69) is 0 Å². The Kier molecular flexibility index (Phi) is 3.76. The Hall–Kier alpha value is -2.34. The van der Waals surface area contributed by atoms with Crippen molar-refractivity contribution in [3.05, 3.63) is 54.1 Å². The molecule has 5 nitrogen and oxygen atoms in total. The van der Waals surface area contributed by atoms with Gasteiger partial charge in [-0.15, -0.1) is 0 Å². The van der Waals surface area contributed by atoms with Crippen LogP contribution in [0.25, 0.3) is 0 Å². The molecule has 0 aliphatic rings. The van der Waals surface area contributed by atoms with Gasteiger partial charge in [0, 0.05) is 5.56 Å². The van der Waals surface area contributed by atoms with Crippen molar-refractivity contribution in [2.45, 2.75) is 9.79 Å². The van der Waals surface area contributed by atoms with Gasteiger partial charge in [-0.25, -0.2) is 8.42 Å². The summed E-state index contributed by atoms with van der Waals surface area (Å²) in [5.74, 6) is -0.0218. The molecule has 2 N–H and O–H groups in total. The van der Waals surface area contributed by atoms with Gasteiger partial charge in [0.25, 0.3) is 0 Å². The summed E-state index contributed by atoms with van der Waals surface area (Å²) in [5, 5.41) is 0. The molecule has 20 heavy (non-hydrogen) atoms. The average molecular weight is 291 g/mol. The molecule has 2 aromatic rings. The van der Waals surface area contributed by atoms with Gasteiger partial charge in [-0.2, -0.15) is 0 Å². The number of amides is 1. The van der Waals surface area contributed by atoms with Crippen molar-refractivity contribution in [1.82, 2.24) is 0 Å². The number of carbonyl (C=O) groups excluding carboxylic acids is 1. The number of sulfone groups is 1. The van der Waals surface area contributed by atoms with Gasteiger partial charge >= 0.3 is 0 Å². The summed E-state index contributed by atoms with van der Waals surface area (Å²) in [7, 11) is -2.11. The number of benzene rings is 2. The first-order valence-electron chi connectivity index (χ1n) is 5.74. The lowest BCUT2D eigenvalue weighted by Gasteiger charge is -2.06. The van der Waals surface area contributed by atoms with Crippen LogP contribution < -0.4 is 10.5 Å². The monoisotopic (exact) mass is 291 g/mol. The number of nitrogens with two attached hydrogens (primary N) is 1. The number of ether oxygens (including phenoxy) is 1. The van der Waals surface area contributed by atoms with Crippen molar-refractivity contribution in [3.63, 3.8) is 0 Å². The summed E-state index contributed by atoms with van der Waals surface area (Å²) in [6.45, 7) is 0. The van der Waals surface area contributed by atoms with Crippen molar-refractivity contribution in [2.75, 3.05) is 7.11 Å². The summed E-state index contributed by atoms with van der Waals surface area (Å²) >= 11 is 0. The molecule has 0 radical (unpaired) electrons. The first-order chi connectivity index (χ1) is 9.45. The molecule has 2 rings (SSSR count). The fraction of sp³-hybridized carbons (Fsp3) is 0.0714. The molecule has 104 valence electrons. The van der Waals surface area contributed by atoms with Crippen LogP contribution in [-0.2, 0) is 9.84 Å². The lowest BCUT2D eigenvalue weighted by atomic mass is 10.2. The van der Waals surface area contributed by atoms with E-state index in [0.717, 1.165) is 0 Å². The topological polar surface area (TPSA) is 86.5 Å². The molecule has 0 unspecified atom stereocenters. The van der Waals surface area contributed by atoms with E-state index in [1.807, 2.05) is 0 Å². The number of carbonyl (C=O) groups is 1. The number of primary amides is 1. The molecule has 0 atom stereocenters. The molecule has 0 fully saturated rings. The molecule has 0 heterocycles. The third-order valence-corrected chi connectivity index (χ3v) is 4.60. The van der Waals surface area contributed by atoms with E-state index in [9.17, 15) is 13.2 Å². The van der Waals surface area contributed by atoms with Gasteiger partial charge in [0.15, 0.2) is 0 Å². The van der Waals surface area contributed by atoms with Crippen molar-refractivity contribution < 1.29 is 17.9 Å². The minimum absolute atomic E-state index is 0.104. The highest BCUT2D eigenvalue weighted by atomic mass is 32.2. The molecule has 0 saturated carbocycles. The molecule has 2 aromatic carbocycles. The Morgan fingerprint density at radius 3 is 1.80 bits per heavy atom. The Bertz CT molecular complexity index is 719. The minimum atomic E-state index is -3.61. The summed E-state index contributed by atoms with van der Waals surface area (Å²) in [5.41, 5.74) is 5.38. The molecule has 6 heteroatoms. The summed E-state index contributed by atoms with van der Waals surface area (Å²) in [6, 6.07) is 11.6. The van der Waals surface area contributed by atoms with Gasteiger partial charge in [0.1, 0.15) is 5.75 Å². The molecule has 0 aromatic heterocycles. The first kappa shape index (κ1) is 14.1. The highest BCUT2D eigenvalue weighted by molar-refractivity contribution is 7.91. The van der Waals surface area contributed by atoms with Crippen LogP contribution >= 0.6 is 0 Å². The third-order valence-electron chi connectivity index (χ3n) is 2.82. The first-order valence-corrected chi connectivity index (χ1v) is 7.22. The largest absolute Gasteiger partial charge is 0.497 e. The second kappa shape index (κ2) is 5.34. The maximum absolute atomic E-state index is 12.4. The molecule has 0 aliphatic heterocycles. The lowest BCUT2D eigenvalue weighted by molar-refractivity contribution is 0.1000. The predicted molar refractivity (Wildman–Crippen MR) is 73.4 cm³/mol. The van der Waals surface area contributed by atoms with Crippen LogP contribution in [0.1, 0.15) is 10.4 Å². The van der Waals surface area contributed by atoms with Crippen molar-refractivity contribution in [1.29, 1.82) is 0 Å². The van der Waals surface area contributed by atoms with E-state index >= 15 is 0 Å². The van der Waals surface area contributed by atoms with Gasteiger partial charge in [0.2, 0.25) is 15.7 Å².